The lowest BCUT2D eigenvalue weighted by Crippen LogP contribution is -2.20. The molecule has 0 fully saturated rings. The molecular weight excluding hydrogens is 462 g/mol. The topological polar surface area (TPSA) is 84.6 Å². The lowest BCUT2D eigenvalue weighted by atomic mass is 9.91. The summed E-state index contributed by atoms with van der Waals surface area (Å²) in [6, 6.07) is 14.0. The van der Waals surface area contributed by atoms with Crippen LogP contribution in [0.2, 0.25) is 5.02 Å². The van der Waals surface area contributed by atoms with E-state index in [-0.39, 0.29) is 46.6 Å². The smallest absolute Gasteiger partial charge is 0.251 e. The van der Waals surface area contributed by atoms with E-state index in [1.54, 1.807) is 0 Å². The number of carbonyl (C=O) groups excluding carboxylic acids is 1. The minimum atomic E-state index is -0.822. The number of nitrogens with two attached hydrogens (primary N) is 1. The molecule has 1 unspecified atom stereocenters. The number of amides is 1. The van der Waals surface area contributed by atoms with Crippen LogP contribution in [0.15, 0.2) is 48.5 Å². The quantitative estimate of drug-likeness (QED) is 0.478. The van der Waals surface area contributed by atoms with E-state index in [2.05, 4.69) is 11.1 Å². The molecule has 0 aliphatic heterocycles. The molecule has 0 radical (unpaired) electrons. The maximum atomic E-state index is 15.7. The highest BCUT2D eigenvalue weighted by Gasteiger charge is 2.32. The van der Waals surface area contributed by atoms with Crippen LogP contribution >= 0.6 is 11.6 Å². The number of benzene rings is 3. The number of aliphatic hydroxyl groups is 1. The summed E-state index contributed by atoms with van der Waals surface area (Å²) in [4.78, 5) is 12.6. The van der Waals surface area contributed by atoms with Gasteiger partial charge in [-0.1, -0.05) is 41.9 Å². The summed E-state index contributed by atoms with van der Waals surface area (Å²) in [5.41, 5.74) is 7.14. The van der Waals surface area contributed by atoms with Gasteiger partial charge in [0.15, 0.2) is 11.6 Å². The Bertz CT molecular complexity index is 1170. The molecule has 0 heterocycles. The Labute approximate surface area is 202 Å². The monoisotopic (exact) mass is 488 g/mol. The first-order valence-corrected chi connectivity index (χ1v) is 11.2. The van der Waals surface area contributed by atoms with E-state index >= 15 is 4.39 Å². The fraction of sp³-hybridized carbons (Fsp3) is 0.269. The molecule has 0 spiro atoms. The summed E-state index contributed by atoms with van der Waals surface area (Å²) >= 11 is 6.40. The van der Waals surface area contributed by atoms with Crippen molar-refractivity contribution < 1.29 is 23.4 Å². The average Bonchev–Trinajstić information content (AvgIpc) is 3.29. The molecule has 4 rings (SSSR count). The van der Waals surface area contributed by atoms with Gasteiger partial charge in [0.25, 0.3) is 5.91 Å². The molecule has 34 heavy (non-hydrogen) atoms. The van der Waals surface area contributed by atoms with Crippen LogP contribution in [0.5, 0.6) is 5.75 Å². The molecule has 0 saturated heterocycles. The number of rotatable bonds is 6. The lowest BCUT2D eigenvalue weighted by molar-refractivity contribution is 0.0963. The Hall–Kier alpha value is -3.00. The molecule has 4 N–H and O–H groups in total. The van der Waals surface area contributed by atoms with Crippen LogP contribution in [-0.4, -0.2) is 38.3 Å². The fourth-order valence-corrected chi connectivity index (χ4v) is 4.59. The molecule has 1 aliphatic carbocycles. The van der Waals surface area contributed by atoms with E-state index < -0.39 is 17.5 Å². The van der Waals surface area contributed by atoms with Crippen LogP contribution in [0.25, 0.3) is 11.1 Å². The molecule has 0 saturated carbocycles. The van der Waals surface area contributed by atoms with Crippen molar-refractivity contribution in [3.63, 3.8) is 0 Å². The second kappa shape index (κ2) is 11.4. The molecular formula is C26H27ClF2N2O3. The zero-order valence-electron chi connectivity index (χ0n) is 19.0. The van der Waals surface area contributed by atoms with Crippen LogP contribution in [0.1, 0.15) is 33.0 Å². The Morgan fingerprint density at radius 1 is 1.15 bits per heavy atom. The number of nitrogens with one attached hydrogen (secondary N) is 1. The molecule has 3 aromatic carbocycles. The van der Waals surface area contributed by atoms with Gasteiger partial charge in [-0.15, -0.1) is 0 Å². The maximum Gasteiger partial charge on any atom is 0.251 e. The van der Waals surface area contributed by atoms with Gasteiger partial charge in [-0.05, 0) is 60.7 Å². The molecule has 180 valence electrons. The van der Waals surface area contributed by atoms with Gasteiger partial charge in [-0.2, -0.15) is 0 Å². The lowest BCUT2D eigenvalue weighted by Gasteiger charge is -2.18. The highest BCUT2D eigenvalue weighted by atomic mass is 35.5. The van der Waals surface area contributed by atoms with Gasteiger partial charge in [0.1, 0.15) is 12.4 Å². The molecule has 3 aromatic rings. The van der Waals surface area contributed by atoms with E-state index in [9.17, 15) is 9.18 Å². The van der Waals surface area contributed by atoms with Crippen molar-refractivity contribution in [2.24, 2.45) is 5.73 Å². The summed E-state index contributed by atoms with van der Waals surface area (Å²) in [6.45, 7) is -0.429. The minimum Gasteiger partial charge on any atom is -0.488 e. The molecule has 1 amide bonds. The average molecular weight is 489 g/mol. The predicted molar refractivity (Wildman–Crippen MR) is 129 cm³/mol. The maximum absolute atomic E-state index is 15.7. The predicted octanol–water partition coefficient (Wildman–Crippen LogP) is 4.47. The van der Waals surface area contributed by atoms with Crippen molar-refractivity contribution in [3.8, 4) is 16.9 Å². The van der Waals surface area contributed by atoms with Gasteiger partial charge in [0, 0.05) is 18.2 Å². The van der Waals surface area contributed by atoms with Crippen molar-refractivity contribution >= 4 is 17.5 Å². The number of carbonyl (C=O) groups is 1. The first-order valence-electron chi connectivity index (χ1n) is 10.9. The summed E-state index contributed by atoms with van der Waals surface area (Å²) in [5, 5.41) is 11.3. The van der Waals surface area contributed by atoms with Crippen molar-refractivity contribution in [2.45, 2.75) is 18.8 Å². The van der Waals surface area contributed by atoms with E-state index in [1.807, 2.05) is 30.3 Å². The third kappa shape index (κ3) is 4.92. The second-order valence-electron chi connectivity index (χ2n) is 7.65. The SMILES string of the molecule is CN.CNC(=O)c1ccc(OCCO)c(F)c1-c1c(Cl)c(F)cc2c1CC(c1ccccc1)C2. The molecule has 8 heteroatoms. The van der Waals surface area contributed by atoms with Gasteiger partial charge < -0.3 is 20.9 Å². The highest BCUT2D eigenvalue weighted by Crippen LogP contribution is 2.46. The highest BCUT2D eigenvalue weighted by molar-refractivity contribution is 6.34. The number of hydrogen-bond acceptors (Lipinski definition) is 4. The van der Waals surface area contributed by atoms with Gasteiger partial charge in [-0.25, -0.2) is 8.78 Å². The van der Waals surface area contributed by atoms with Crippen molar-refractivity contribution in [1.29, 1.82) is 0 Å². The van der Waals surface area contributed by atoms with Crippen molar-refractivity contribution in [2.75, 3.05) is 27.3 Å². The van der Waals surface area contributed by atoms with Gasteiger partial charge in [0.05, 0.1) is 17.2 Å². The Morgan fingerprint density at radius 3 is 2.50 bits per heavy atom. The number of halogens is 3. The summed E-state index contributed by atoms with van der Waals surface area (Å²) < 4.78 is 35.9. The van der Waals surface area contributed by atoms with Crippen LogP contribution in [-0.2, 0) is 12.8 Å². The molecule has 0 bridgehead atoms. The Kier molecular flexibility index (Phi) is 8.61. The third-order valence-corrected chi connectivity index (χ3v) is 6.15. The molecule has 5 nitrogen and oxygen atoms in total. The van der Waals surface area contributed by atoms with E-state index in [0.717, 1.165) is 11.1 Å². The molecule has 1 atom stereocenters. The first kappa shape index (κ1) is 25.6. The standard InChI is InChI=1S/C25H22ClF2NO3.CH5N/c1-29-25(31)17-7-8-20(32-10-9-30)24(28)22(17)21-18-12-15(14-5-3-2-4-6-14)11-16(18)13-19(27)23(21)26;1-2/h2-8,13,15,30H,9-12H2,1H3,(H,29,31);2H2,1H3. The number of aliphatic hydroxyl groups excluding tert-OH is 1. The van der Waals surface area contributed by atoms with E-state index in [0.29, 0.717) is 18.4 Å². The fourth-order valence-electron chi connectivity index (χ4n) is 4.33. The van der Waals surface area contributed by atoms with Crippen molar-refractivity contribution in [1.82, 2.24) is 5.32 Å². The third-order valence-electron chi connectivity index (χ3n) is 5.78. The molecule has 0 aromatic heterocycles. The number of fused-ring (bicyclic) bond motifs is 1. The summed E-state index contributed by atoms with van der Waals surface area (Å²) in [6.07, 6.45) is 1.11. The van der Waals surface area contributed by atoms with E-state index in [1.165, 1.54) is 32.3 Å². The first-order chi connectivity index (χ1) is 16.5. The zero-order valence-corrected chi connectivity index (χ0v) is 19.8. The molecule has 1 aliphatic rings. The van der Waals surface area contributed by atoms with Crippen molar-refractivity contribution in [3.05, 3.63) is 87.4 Å². The van der Waals surface area contributed by atoms with Crippen LogP contribution in [0, 0.1) is 11.6 Å². The Morgan fingerprint density at radius 2 is 1.85 bits per heavy atom. The van der Waals surface area contributed by atoms with Gasteiger partial charge in [0.2, 0.25) is 0 Å². The summed E-state index contributed by atoms with van der Waals surface area (Å²) in [5.74, 6) is -2.08. The van der Waals surface area contributed by atoms with Crippen LogP contribution in [0.3, 0.4) is 0 Å². The van der Waals surface area contributed by atoms with E-state index in [4.69, 9.17) is 21.4 Å². The number of ether oxygens (including phenoxy) is 1. The van der Waals surface area contributed by atoms with Gasteiger partial charge >= 0.3 is 0 Å². The van der Waals surface area contributed by atoms with Crippen LogP contribution < -0.4 is 15.8 Å². The van der Waals surface area contributed by atoms with Crippen LogP contribution in [0.4, 0.5) is 8.78 Å². The number of hydrogen-bond donors (Lipinski definition) is 3. The normalized spacial score (nSPS) is 14.1. The Balaban J connectivity index is 0.00000158. The van der Waals surface area contributed by atoms with Gasteiger partial charge in [-0.3, -0.25) is 4.79 Å². The minimum absolute atomic E-state index is 0.0270. The largest absolute Gasteiger partial charge is 0.488 e. The zero-order chi connectivity index (χ0) is 24.8. The second-order valence-corrected chi connectivity index (χ2v) is 8.03. The summed E-state index contributed by atoms with van der Waals surface area (Å²) in [7, 11) is 2.93.